The van der Waals surface area contributed by atoms with Crippen LogP contribution < -0.4 is 15.0 Å². The third-order valence-corrected chi connectivity index (χ3v) is 3.25. The molecular weight excluding hydrogens is 279 g/mol. The van der Waals surface area contributed by atoms with Gasteiger partial charge in [-0.3, -0.25) is 14.9 Å². The maximum absolute atomic E-state index is 13.2. The maximum Gasteiger partial charge on any atom is 0.335 e. The van der Waals surface area contributed by atoms with E-state index < -0.39 is 29.6 Å². The number of methoxy groups -OCH3 is 1. The van der Waals surface area contributed by atoms with E-state index in [2.05, 4.69) is 5.32 Å². The fourth-order valence-electron chi connectivity index (χ4n) is 2.24. The molecule has 6 nitrogen and oxygen atoms in total. The summed E-state index contributed by atoms with van der Waals surface area (Å²) in [6, 6.07) is 2.57. The number of nitrogens with one attached hydrogen (secondary N) is 1. The third kappa shape index (κ3) is 2.58. The number of hydrogen-bond donors (Lipinski definition) is 1. The molecule has 1 heterocycles. The highest BCUT2D eigenvalue weighted by atomic mass is 19.1. The number of carbonyl (C=O) groups is 3. The highest BCUT2D eigenvalue weighted by molar-refractivity contribution is 6.28. The third-order valence-electron chi connectivity index (χ3n) is 3.25. The van der Waals surface area contributed by atoms with E-state index in [0.29, 0.717) is 0 Å². The summed E-state index contributed by atoms with van der Waals surface area (Å²) in [5.41, 5.74) is 0.0968. The van der Waals surface area contributed by atoms with Gasteiger partial charge in [-0.1, -0.05) is 13.8 Å². The van der Waals surface area contributed by atoms with Crippen LogP contribution in [-0.2, 0) is 9.59 Å². The molecule has 0 aromatic heterocycles. The molecule has 1 aliphatic rings. The summed E-state index contributed by atoms with van der Waals surface area (Å²) in [6.45, 7) is 3.41. The molecule has 0 bridgehead atoms. The van der Waals surface area contributed by atoms with Gasteiger partial charge >= 0.3 is 6.03 Å². The molecule has 1 aromatic carbocycles. The van der Waals surface area contributed by atoms with E-state index in [4.69, 9.17) is 4.74 Å². The summed E-state index contributed by atoms with van der Waals surface area (Å²) < 4.78 is 18.2. The monoisotopic (exact) mass is 294 g/mol. The van der Waals surface area contributed by atoms with Crippen molar-refractivity contribution in [2.75, 3.05) is 12.0 Å². The Hall–Kier alpha value is -2.44. The molecule has 1 atom stereocenters. The quantitative estimate of drug-likeness (QED) is 0.861. The van der Waals surface area contributed by atoms with Crippen LogP contribution in [0.5, 0.6) is 5.75 Å². The fraction of sp³-hybridized carbons (Fsp3) is 0.357. The van der Waals surface area contributed by atoms with Crippen LogP contribution in [0.4, 0.5) is 14.9 Å². The zero-order valence-corrected chi connectivity index (χ0v) is 11.8. The van der Waals surface area contributed by atoms with E-state index in [1.165, 1.54) is 13.2 Å². The van der Waals surface area contributed by atoms with Gasteiger partial charge in [0.25, 0.3) is 0 Å². The minimum Gasteiger partial charge on any atom is -0.494 e. The highest BCUT2D eigenvalue weighted by Crippen LogP contribution is 2.32. The molecule has 7 heteroatoms. The van der Waals surface area contributed by atoms with Crippen LogP contribution in [0, 0.1) is 17.7 Å². The van der Waals surface area contributed by atoms with Crippen LogP contribution in [0.1, 0.15) is 13.8 Å². The first-order chi connectivity index (χ1) is 9.86. The summed E-state index contributed by atoms with van der Waals surface area (Å²) >= 11 is 0. The van der Waals surface area contributed by atoms with Crippen molar-refractivity contribution in [3.8, 4) is 5.75 Å². The lowest BCUT2D eigenvalue weighted by atomic mass is 9.92. The number of hydrogen-bond acceptors (Lipinski definition) is 4. The number of nitrogens with zero attached hydrogens (tertiary/aromatic N) is 1. The second kappa shape index (κ2) is 5.51. The Balaban J connectivity index is 2.49. The Bertz CT molecular complexity index is 615. The molecule has 112 valence electrons. The molecule has 4 amide bonds. The van der Waals surface area contributed by atoms with Gasteiger partial charge in [0.15, 0.2) is 0 Å². The molecule has 1 aromatic rings. The van der Waals surface area contributed by atoms with Crippen LogP contribution in [0.25, 0.3) is 0 Å². The molecule has 1 unspecified atom stereocenters. The Morgan fingerprint density at radius 2 is 1.95 bits per heavy atom. The first-order valence-electron chi connectivity index (χ1n) is 6.39. The largest absolute Gasteiger partial charge is 0.494 e. The van der Waals surface area contributed by atoms with Crippen molar-refractivity contribution in [3.63, 3.8) is 0 Å². The van der Waals surface area contributed by atoms with Crippen molar-refractivity contribution in [1.82, 2.24) is 5.32 Å². The van der Waals surface area contributed by atoms with Crippen molar-refractivity contribution >= 4 is 23.5 Å². The zero-order chi connectivity index (χ0) is 15.7. The first kappa shape index (κ1) is 15.0. The number of imide groups is 2. The van der Waals surface area contributed by atoms with E-state index >= 15 is 0 Å². The Morgan fingerprint density at radius 3 is 2.52 bits per heavy atom. The topological polar surface area (TPSA) is 75.7 Å². The molecule has 0 spiro atoms. The number of rotatable bonds is 3. The first-order valence-corrected chi connectivity index (χ1v) is 6.39. The standard InChI is InChI=1S/C14H15FN2O4/c1-7(2)11-12(18)16-14(20)17(13(11)19)9-5-4-8(15)6-10(9)21-3/h4-7,11H,1-3H3,(H,16,18,20). The van der Waals surface area contributed by atoms with E-state index in [9.17, 15) is 18.8 Å². The maximum atomic E-state index is 13.2. The van der Waals surface area contributed by atoms with Gasteiger partial charge in [-0.2, -0.15) is 0 Å². The lowest BCUT2D eigenvalue weighted by Crippen LogP contribution is -2.59. The summed E-state index contributed by atoms with van der Waals surface area (Å²) in [4.78, 5) is 37.0. The number of ether oxygens (including phenoxy) is 1. The Morgan fingerprint density at radius 1 is 1.29 bits per heavy atom. The van der Waals surface area contributed by atoms with E-state index in [0.717, 1.165) is 17.0 Å². The predicted molar refractivity (Wildman–Crippen MR) is 72.3 cm³/mol. The molecule has 1 aliphatic heterocycles. The molecular formula is C14H15FN2O4. The second-order valence-electron chi connectivity index (χ2n) is 5.01. The average Bonchev–Trinajstić information content (AvgIpc) is 2.39. The molecule has 0 radical (unpaired) electrons. The summed E-state index contributed by atoms with van der Waals surface area (Å²) in [5, 5.41) is 2.13. The van der Waals surface area contributed by atoms with Crippen molar-refractivity contribution in [3.05, 3.63) is 24.0 Å². The normalized spacial score (nSPS) is 19.0. The lowest BCUT2D eigenvalue weighted by Gasteiger charge is -2.32. The highest BCUT2D eigenvalue weighted by Gasteiger charge is 2.43. The van der Waals surface area contributed by atoms with Gasteiger partial charge in [-0.05, 0) is 18.1 Å². The number of anilines is 1. The minimum atomic E-state index is -0.975. The number of carbonyl (C=O) groups excluding carboxylic acids is 3. The van der Waals surface area contributed by atoms with Gasteiger partial charge in [0, 0.05) is 6.07 Å². The Labute approximate surface area is 120 Å². The van der Waals surface area contributed by atoms with Gasteiger partial charge in [0.05, 0.1) is 12.8 Å². The van der Waals surface area contributed by atoms with Gasteiger partial charge in [0.2, 0.25) is 11.8 Å². The SMILES string of the molecule is COc1cc(F)ccc1N1C(=O)NC(=O)C(C(C)C)C1=O. The van der Waals surface area contributed by atoms with Gasteiger partial charge < -0.3 is 4.74 Å². The summed E-state index contributed by atoms with van der Waals surface area (Å²) in [6.07, 6.45) is 0. The van der Waals surface area contributed by atoms with E-state index in [-0.39, 0.29) is 17.4 Å². The molecule has 0 aliphatic carbocycles. The molecule has 21 heavy (non-hydrogen) atoms. The van der Waals surface area contributed by atoms with Crippen LogP contribution >= 0.6 is 0 Å². The number of amides is 4. The van der Waals surface area contributed by atoms with Crippen LogP contribution in [0.15, 0.2) is 18.2 Å². The molecule has 1 N–H and O–H groups in total. The average molecular weight is 294 g/mol. The van der Waals surface area contributed by atoms with E-state index in [1.54, 1.807) is 13.8 Å². The number of benzene rings is 1. The van der Waals surface area contributed by atoms with Crippen molar-refractivity contribution < 1.29 is 23.5 Å². The van der Waals surface area contributed by atoms with Gasteiger partial charge in [0.1, 0.15) is 17.5 Å². The zero-order valence-electron chi connectivity index (χ0n) is 11.8. The van der Waals surface area contributed by atoms with Crippen molar-refractivity contribution in [2.45, 2.75) is 13.8 Å². The summed E-state index contributed by atoms with van der Waals surface area (Å²) in [5.74, 6) is -3.05. The van der Waals surface area contributed by atoms with Crippen LogP contribution in [0.2, 0.25) is 0 Å². The summed E-state index contributed by atoms with van der Waals surface area (Å²) in [7, 11) is 1.30. The predicted octanol–water partition coefficient (Wildman–Crippen LogP) is 1.69. The molecule has 1 saturated heterocycles. The van der Waals surface area contributed by atoms with Gasteiger partial charge in [-0.15, -0.1) is 0 Å². The molecule has 1 fully saturated rings. The van der Waals surface area contributed by atoms with Crippen molar-refractivity contribution in [1.29, 1.82) is 0 Å². The second-order valence-corrected chi connectivity index (χ2v) is 5.01. The van der Waals surface area contributed by atoms with Crippen LogP contribution in [0.3, 0.4) is 0 Å². The van der Waals surface area contributed by atoms with Gasteiger partial charge in [-0.25, -0.2) is 14.1 Å². The molecule has 2 rings (SSSR count). The van der Waals surface area contributed by atoms with Crippen LogP contribution in [-0.4, -0.2) is 25.0 Å². The molecule has 0 saturated carbocycles. The van der Waals surface area contributed by atoms with E-state index in [1.807, 2.05) is 0 Å². The Kier molecular flexibility index (Phi) is 3.93. The minimum absolute atomic E-state index is 0.0374. The lowest BCUT2D eigenvalue weighted by molar-refractivity contribution is -0.136. The number of urea groups is 1. The smallest absolute Gasteiger partial charge is 0.335 e. The number of barbiturate groups is 1. The fourth-order valence-corrected chi connectivity index (χ4v) is 2.24. The number of halogens is 1. The van der Waals surface area contributed by atoms with Crippen molar-refractivity contribution in [2.24, 2.45) is 11.8 Å².